The molecule has 2 N–H and O–H groups in total. The van der Waals surface area contributed by atoms with E-state index >= 15 is 0 Å². The van der Waals surface area contributed by atoms with Crippen LogP contribution in [0.4, 0.5) is 0 Å². The maximum atomic E-state index is 9.10. The molecule has 0 radical (unpaired) electrons. The number of carboxylic acids is 2. The summed E-state index contributed by atoms with van der Waals surface area (Å²) in [6.07, 6.45) is 4.35. The highest BCUT2D eigenvalue weighted by molar-refractivity contribution is 6.27. The molecule has 0 bridgehead atoms. The lowest BCUT2D eigenvalue weighted by Crippen LogP contribution is -2.35. The van der Waals surface area contributed by atoms with Crippen LogP contribution in [0.2, 0.25) is 0 Å². The summed E-state index contributed by atoms with van der Waals surface area (Å²) in [6, 6.07) is 19.4. The zero-order chi connectivity index (χ0) is 25.7. The monoisotopic (exact) mass is 491 g/mol. The van der Waals surface area contributed by atoms with Crippen molar-refractivity contribution in [3.8, 4) is 11.3 Å². The van der Waals surface area contributed by atoms with E-state index in [2.05, 4.69) is 78.0 Å². The highest BCUT2D eigenvalue weighted by Crippen LogP contribution is 2.37. The molecule has 2 aliphatic heterocycles. The summed E-state index contributed by atoms with van der Waals surface area (Å²) in [6.45, 7) is 5.40. The van der Waals surface area contributed by atoms with E-state index in [0.29, 0.717) is 0 Å². The first-order valence-corrected chi connectivity index (χ1v) is 12.4. The van der Waals surface area contributed by atoms with Crippen molar-refractivity contribution in [2.75, 3.05) is 20.1 Å². The third-order valence-corrected chi connectivity index (χ3v) is 6.84. The van der Waals surface area contributed by atoms with Gasteiger partial charge in [-0.05, 0) is 43.9 Å². The fraction of sp³-hybridized carbons (Fsp3) is 0.393. The summed E-state index contributed by atoms with van der Waals surface area (Å²) < 4.78 is 9.30. The smallest absolute Gasteiger partial charge is 0.414 e. The van der Waals surface area contributed by atoms with Crippen molar-refractivity contribution in [1.82, 2.24) is 14.5 Å². The number of aromatic nitrogens is 2. The number of imidazole rings is 1. The Hall–Kier alpha value is -3.49. The minimum Gasteiger partial charge on any atom is -0.473 e. The number of fused-ring (bicyclic) bond motifs is 2. The SMILES string of the molecule is CCc1c(-c2ccccc2)nc2n1CCc1ccccc1C2OC1CCN(C)CC1.O=C(O)C(=O)O. The van der Waals surface area contributed by atoms with Crippen molar-refractivity contribution in [1.29, 1.82) is 0 Å². The number of piperidine rings is 1. The van der Waals surface area contributed by atoms with E-state index in [9.17, 15) is 0 Å². The van der Waals surface area contributed by atoms with Crippen LogP contribution in [0.5, 0.6) is 0 Å². The highest BCUT2D eigenvalue weighted by Gasteiger charge is 2.32. The summed E-state index contributed by atoms with van der Waals surface area (Å²) in [5, 5.41) is 14.8. The van der Waals surface area contributed by atoms with E-state index in [-0.39, 0.29) is 12.2 Å². The predicted molar refractivity (Wildman–Crippen MR) is 136 cm³/mol. The zero-order valence-corrected chi connectivity index (χ0v) is 20.8. The maximum Gasteiger partial charge on any atom is 0.414 e. The van der Waals surface area contributed by atoms with Crippen LogP contribution in [0.25, 0.3) is 11.3 Å². The van der Waals surface area contributed by atoms with Gasteiger partial charge in [-0.25, -0.2) is 14.6 Å². The molecule has 3 heterocycles. The molecule has 1 saturated heterocycles. The standard InChI is InChI=1S/C26H31N3O.C2H2O4/c1-3-23-24(20-10-5-4-6-11-20)27-26-25(30-21-14-16-28(2)17-15-21)22-12-8-7-9-19(22)13-18-29(23)26;3-1(4)2(5)6/h4-12,21,25H,3,13-18H2,1-2H3;(H,3,4)(H,5,6). The van der Waals surface area contributed by atoms with E-state index in [1.807, 2.05) is 0 Å². The molecule has 0 spiro atoms. The summed E-state index contributed by atoms with van der Waals surface area (Å²) in [5.74, 6) is -2.57. The van der Waals surface area contributed by atoms with E-state index in [1.54, 1.807) is 0 Å². The average Bonchev–Trinajstić information content (AvgIpc) is 3.19. The normalized spacial score (nSPS) is 17.8. The second kappa shape index (κ2) is 11.5. The number of aryl methyl sites for hydroxylation is 1. The van der Waals surface area contributed by atoms with Gasteiger partial charge in [-0.1, -0.05) is 61.5 Å². The van der Waals surface area contributed by atoms with Gasteiger partial charge >= 0.3 is 11.9 Å². The van der Waals surface area contributed by atoms with Crippen molar-refractivity contribution in [2.24, 2.45) is 0 Å². The van der Waals surface area contributed by atoms with Crippen molar-refractivity contribution in [3.05, 3.63) is 77.2 Å². The lowest BCUT2D eigenvalue weighted by Gasteiger charge is -2.32. The zero-order valence-electron chi connectivity index (χ0n) is 20.8. The molecule has 1 aromatic heterocycles. The van der Waals surface area contributed by atoms with Crippen molar-refractivity contribution < 1.29 is 24.5 Å². The largest absolute Gasteiger partial charge is 0.473 e. The van der Waals surface area contributed by atoms with Gasteiger partial charge in [-0.15, -0.1) is 0 Å². The first-order valence-electron chi connectivity index (χ1n) is 12.4. The van der Waals surface area contributed by atoms with Crippen LogP contribution < -0.4 is 0 Å². The number of likely N-dealkylation sites (tertiary alicyclic amines) is 1. The fourth-order valence-electron chi connectivity index (χ4n) is 4.98. The van der Waals surface area contributed by atoms with Gasteiger partial charge in [0.2, 0.25) is 0 Å². The van der Waals surface area contributed by atoms with Crippen LogP contribution in [-0.4, -0.2) is 62.8 Å². The third-order valence-electron chi connectivity index (χ3n) is 6.84. The van der Waals surface area contributed by atoms with Crippen LogP contribution in [0, 0.1) is 0 Å². The van der Waals surface area contributed by atoms with Gasteiger partial charge in [0, 0.05) is 30.9 Å². The summed E-state index contributed by atoms with van der Waals surface area (Å²) in [5.41, 5.74) is 6.32. The number of carboxylic acid groups (broad SMARTS) is 2. The Bertz CT molecular complexity index is 1190. The van der Waals surface area contributed by atoms with Crippen LogP contribution in [-0.2, 0) is 33.7 Å². The predicted octanol–water partition coefficient (Wildman–Crippen LogP) is 4.02. The number of hydrogen-bond donors (Lipinski definition) is 2. The number of hydrogen-bond acceptors (Lipinski definition) is 5. The molecular formula is C28H33N3O5. The van der Waals surface area contributed by atoms with Crippen molar-refractivity contribution in [3.63, 3.8) is 0 Å². The van der Waals surface area contributed by atoms with Crippen LogP contribution >= 0.6 is 0 Å². The molecule has 8 heteroatoms. The van der Waals surface area contributed by atoms with Crippen molar-refractivity contribution >= 4 is 11.9 Å². The van der Waals surface area contributed by atoms with E-state index in [1.165, 1.54) is 22.4 Å². The first-order chi connectivity index (χ1) is 17.4. The number of benzene rings is 2. The second-order valence-corrected chi connectivity index (χ2v) is 9.21. The molecular weight excluding hydrogens is 458 g/mol. The molecule has 36 heavy (non-hydrogen) atoms. The van der Waals surface area contributed by atoms with Gasteiger partial charge in [0.15, 0.2) is 0 Å². The summed E-state index contributed by atoms with van der Waals surface area (Å²) in [7, 11) is 2.20. The minimum absolute atomic E-state index is 0.0973. The van der Waals surface area contributed by atoms with Gasteiger partial charge in [0.1, 0.15) is 11.9 Å². The fourth-order valence-corrected chi connectivity index (χ4v) is 4.98. The summed E-state index contributed by atoms with van der Waals surface area (Å²) >= 11 is 0. The Labute approximate surface area is 211 Å². The summed E-state index contributed by atoms with van der Waals surface area (Å²) in [4.78, 5) is 25.8. The Morgan fingerprint density at radius 2 is 1.61 bits per heavy atom. The minimum atomic E-state index is -1.82. The molecule has 2 aliphatic rings. The van der Waals surface area contributed by atoms with Crippen LogP contribution in [0.15, 0.2) is 54.6 Å². The number of nitrogens with zero attached hydrogens (tertiary/aromatic N) is 3. The van der Waals surface area contributed by atoms with Crippen LogP contribution in [0.1, 0.15) is 48.5 Å². The quantitative estimate of drug-likeness (QED) is 0.531. The van der Waals surface area contributed by atoms with E-state index < -0.39 is 11.9 Å². The van der Waals surface area contributed by atoms with Gasteiger partial charge in [0.25, 0.3) is 0 Å². The third kappa shape index (κ3) is 5.66. The molecule has 0 amide bonds. The topological polar surface area (TPSA) is 105 Å². The molecule has 3 aromatic rings. The Kier molecular flexibility index (Phi) is 8.18. The molecule has 2 aromatic carbocycles. The molecule has 8 nitrogen and oxygen atoms in total. The highest BCUT2D eigenvalue weighted by atomic mass is 16.5. The van der Waals surface area contributed by atoms with Gasteiger partial charge in [-0.2, -0.15) is 0 Å². The van der Waals surface area contributed by atoms with E-state index in [0.717, 1.165) is 56.8 Å². The lowest BCUT2D eigenvalue weighted by molar-refractivity contribution is -0.159. The first kappa shape index (κ1) is 25.6. The Morgan fingerprint density at radius 1 is 0.972 bits per heavy atom. The van der Waals surface area contributed by atoms with Gasteiger partial charge in [0.05, 0.1) is 11.8 Å². The molecule has 0 saturated carbocycles. The molecule has 190 valence electrons. The van der Waals surface area contributed by atoms with Crippen molar-refractivity contribution in [2.45, 2.75) is 51.4 Å². The Balaban J connectivity index is 0.000000455. The van der Waals surface area contributed by atoms with Gasteiger partial charge in [-0.3, -0.25) is 0 Å². The average molecular weight is 492 g/mol. The second-order valence-electron chi connectivity index (χ2n) is 9.21. The van der Waals surface area contributed by atoms with Gasteiger partial charge < -0.3 is 24.4 Å². The molecule has 5 rings (SSSR count). The van der Waals surface area contributed by atoms with Crippen LogP contribution in [0.3, 0.4) is 0 Å². The number of ether oxygens (including phenoxy) is 1. The van der Waals surface area contributed by atoms with E-state index in [4.69, 9.17) is 29.5 Å². The molecule has 0 aliphatic carbocycles. The molecule has 1 unspecified atom stereocenters. The number of aliphatic carboxylic acids is 2. The lowest BCUT2D eigenvalue weighted by atomic mass is 9.99. The molecule has 1 atom stereocenters. The molecule has 1 fully saturated rings. The number of carbonyl (C=O) groups is 2. The maximum absolute atomic E-state index is 9.10. The Morgan fingerprint density at radius 3 is 2.25 bits per heavy atom. The number of rotatable bonds is 4.